The summed E-state index contributed by atoms with van der Waals surface area (Å²) in [6, 6.07) is 5.61. The molecule has 7 nitrogen and oxygen atoms in total. The van der Waals surface area contributed by atoms with Crippen LogP contribution in [-0.2, 0) is 0 Å². The van der Waals surface area contributed by atoms with Gasteiger partial charge in [-0.05, 0) is 18.7 Å². The number of pyridine rings is 2. The van der Waals surface area contributed by atoms with Crippen molar-refractivity contribution in [2.75, 3.05) is 37.6 Å². The van der Waals surface area contributed by atoms with Crippen molar-refractivity contribution in [1.29, 1.82) is 0 Å². The van der Waals surface area contributed by atoms with Gasteiger partial charge in [0, 0.05) is 55.9 Å². The standard InChI is InChI=1S/C18H20N6O/c1-2-23-8-10-24(11-9-23)18-21-16-15(17(25)22-18)14(5-7-20-16)13-4-3-6-19-12-13/h3-7,12H,2,8-11H2,1H3,(H,20,21,22,25). The number of aromatic nitrogens is 4. The number of rotatable bonds is 3. The number of hydrogen-bond donors (Lipinski definition) is 1. The summed E-state index contributed by atoms with van der Waals surface area (Å²) in [7, 11) is 0. The molecule has 0 aromatic carbocycles. The number of aromatic amines is 1. The molecular weight excluding hydrogens is 316 g/mol. The quantitative estimate of drug-likeness (QED) is 0.781. The number of piperazine rings is 1. The Balaban J connectivity index is 1.76. The minimum atomic E-state index is -0.162. The molecule has 1 fully saturated rings. The maximum atomic E-state index is 12.8. The fourth-order valence-electron chi connectivity index (χ4n) is 3.24. The fraction of sp³-hybridized carbons (Fsp3) is 0.333. The highest BCUT2D eigenvalue weighted by atomic mass is 16.1. The summed E-state index contributed by atoms with van der Waals surface area (Å²) in [4.78, 5) is 33.3. The lowest BCUT2D eigenvalue weighted by Gasteiger charge is -2.34. The molecule has 0 spiro atoms. The van der Waals surface area contributed by atoms with Crippen molar-refractivity contribution in [2.24, 2.45) is 0 Å². The van der Waals surface area contributed by atoms with Crippen LogP contribution in [0.4, 0.5) is 5.95 Å². The molecule has 4 rings (SSSR count). The van der Waals surface area contributed by atoms with E-state index in [1.165, 1.54) is 0 Å². The third-order valence-corrected chi connectivity index (χ3v) is 4.69. The van der Waals surface area contributed by atoms with Gasteiger partial charge in [0.2, 0.25) is 5.95 Å². The number of likely N-dealkylation sites (N-methyl/N-ethyl adjacent to an activating group) is 1. The smallest absolute Gasteiger partial charge is 0.262 e. The van der Waals surface area contributed by atoms with Crippen molar-refractivity contribution < 1.29 is 0 Å². The van der Waals surface area contributed by atoms with Crippen LogP contribution in [0.5, 0.6) is 0 Å². The lowest BCUT2D eigenvalue weighted by molar-refractivity contribution is 0.270. The van der Waals surface area contributed by atoms with E-state index in [1.807, 2.05) is 18.2 Å². The van der Waals surface area contributed by atoms with Gasteiger partial charge in [0.1, 0.15) is 0 Å². The zero-order valence-electron chi connectivity index (χ0n) is 14.1. The van der Waals surface area contributed by atoms with E-state index >= 15 is 0 Å². The van der Waals surface area contributed by atoms with E-state index in [4.69, 9.17) is 0 Å². The third kappa shape index (κ3) is 2.98. The first kappa shape index (κ1) is 15.7. The zero-order valence-corrected chi connectivity index (χ0v) is 14.1. The second kappa shape index (κ2) is 6.60. The molecule has 128 valence electrons. The number of nitrogens with zero attached hydrogens (tertiary/aromatic N) is 5. The van der Waals surface area contributed by atoms with Gasteiger partial charge in [0.15, 0.2) is 5.65 Å². The Kier molecular flexibility index (Phi) is 4.15. The topological polar surface area (TPSA) is 78.0 Å². The average molecular weight is 336 g/mol. The monoisotopic (exact) mass is 336 g/mol. The van der Waals surface area contributed by atoms with Crippen LogP contribution in [0.3, 0.4) is 0 Å². The fourth-order valence-corrected chi connectivity index (χ4v) is 3.24. The van der Waals surface area contributed by atoms with Crippen molar-refractivity contribution in [2.45, 2.75) is 6.92 Å². The van der Waals surface area contributed by atoms with Gasteiger partial charge in [-0.2, -0.15) is 4.98 Å². The summed E-state index contributed by atoms with van der Waals surface area (Å²) in [5.74, 6) is 0.601. The minimum absolute atomic E-state index is 0.162. The van der Waals surface area contributed by atoms with Crippen molar-refractivity contribution in [1.82, 2.24) is 24.8 Å². The van der Waals surface area contributed by atoms with Crippen LogP contribution in [-0.4, -0.2) is 57.6 Å². The largest absolute Gasteiger partial charge is 0.340 e. The molecule has 1 aliphatic rings. The number of hydrogen-bond acceptors (Lipinski definition) is 6. The van der Waals surface area contributed by atoms with Crippen molar-refractivity contribution >= 4 is 17.0 Å². The van der Waals surface area contributed by atoms with Gasteiger partial charge < -0.3 is 9.80 Å². The van der Waals surface area contributed by atoms with Gasteiger partial charge in [-0.15, -0.1) is 0 Å². The van der Waals surface area contributed by atoms with Gasteiger partial charge in [-0.1, -0.05) is 13.0 Å². The molecule has 1 N–H and O–H groups in total. The lowest BCUT2D eigenvalue weighted by Crippen LogP contribution is -2.47. The van der Waals surface area contributed by atoms with Crippen molar-refractivity contribution in [3.05, 3.63) is 47.1 Å². The van der Waals surface area contributed by atoms with Crippen molar-refractivity contribution in [3.63, 3.8) is 0 Å². The van der Waals surface area contributed by atoms with E-state index in [1.54, 1.807) is 18.6 Å². The van der Waals surface area contributed by atoms with Crippen LogP contribution in [0.15, 0.2) is 41.6 Å². The molecule has 0 radical (unpaired) electrons. The van der Waals surface area contributed by atoms with E-state index in [9.17, 15) is 4.79 Å². The first-order valence-corrected chi connectivity index (χ1v) is 8.53. The summed E-state index contributed by atoms with van der Waals surface area (Å²) < 4.78 is 0. The normalized spacial score (nSPS) is 15.6. The molecule has 25 heavy (non-hydrogen) atoms. The summed E-state index contributed by atoms with van der Waals surface area (Å²) in [6.07, 6.45) is 5.14. The number of nitrogens with one attached hydrogen (secondary N) is 1. The van der Waals surface area contributed by atoms with Gasteiger partial charge in [0.25, 0.3) is 5.56 Å². The zero-order chi connectivity index (χ0) is 17.2. The molecule has 4 heterocycles. The van der Waals surface area contributed by atoms with Crippen LogP contribution < -0.4 is 10.5 Å². The molecule has 3 aromatic heterocycles. The summed E-state index contributed by atoms with van der Waals surface area (Å²) in [5, 5.41) is 0.506. The minimum Gasteiger partial charge on any atom is -0.340 e. The Labute approximate surface area is 145 Å². The van der Waals surface area contributed by atoms with Crippen LogP contribution in [0.25, 0.3) is 22.2 Å². The van der Waals surface area contributed by atoms with E-state index in [-0.39, 0.29) is 5.56 Å². The van der Waals surface area contributed by atoms with Crippen LogP contribution in [0, 0.1) is 0 Å². The molecule has 0 atom stereocenters. The van der Waals surface area contributed by atoms with E-state index in [2.05, 4.69) is 36.7 Å². The van der Waals surface area contributed by atoms with Crippen LogP contribution in [0.1, 0.15) is 6.92 Å². The summed E-state index contributed by atoms with van der Waals surface area (Å²) in [5.41, 5.74) is 1.99. The number of anilines is 1. The van der Waals surface area contributed by atoms with Gasteiger partial charge in [-0.3, -0.25) is 14.8 Å². The molecule has 0 amide bonds. The first-order chi connectivity index (χ1) is 12.3. The second-order valence-corrected chi connectivity index (χ2v) is 6.11. The van der Waals surface area contributed by atoms with Crippen molar-refractivity contribution in [3.8, 4) is 11.1 Å². The number of fused-ring (bicyclic) bond motifs is 1. The Bertz CT molecular complexity index is 931. The highest BCUT2D eigenvalue weighted by Crippen LogP contribution is 2.24. The highest BCUT2D eigenvalue weighted by molar-refractivity contribution is 5.91. The molecule has 1 aliphatic heterocycles. The maximum Gasteiger partial charge on any atom is 0.262 e. The predicted octanol–water partition coefficient (Wildman–Crippen LogP) is 1.52. The van der Waals surface area contributed by atoms with Gasteiger partial charge in [0.05, 0.1) is 5.39 Å². The maximum absolute atomic E-state index is 12.8. The predicted molar refractivity (Wildman–Crippen MR) is 97.7 cm³/mol. The first-order valence-electron chi connectivity index (χ1n) is 8.53. The number of H-pyrrole nitrogens is 1. The molecular formula is C18H20N6O. The molecule has 7 heteroatoms. The lowest BCUT2D eigenvalue weighted by atomic mass is 10.1. The van der Waals surface area contributed by atoms with Crippen LogP contribution in [0.2, 0.25) is 0 Å². The van der Waals surface area contributed by atoms with Gasteiger partial charge in [-0.25, -0.2) is 4.98 Å². The summed E-state index contributed by atoms with van der Waals surface area (Å²) >= 11 is 0. The van der Waals surface area contributed by atoms with Crippen LogP contribution >= 0.6 is 0 Å². The summed E-state index contributed by atoms with van der Waals surface area (Å²) in [6.45, 7) is 6.86. The molecule has 1 saturated heterocycles. The Morgan fingerprint density at radius 2 is 2.00 bits per heavy atom. The second-order valence-electron chi connectivity index (χ2n) is 6.11. The average Bonchev–Trinajstić information content (AvgIpc) is 2.68. The molecule has 0 saturated carbocycles. The highest BCUT2D eigenvalue weighted by Gasteiger charge is 2.19. The Morgan fingerprint density at radius 1 is 1.16 bits per heavy atom. The SMILES string of the molecule is CCN1CCN(c2nc3nccc(-c4cccnc4)c3c(=O)[nH]2)CC1. The molecule has 0 aliphatic carbocycles. The molecule has 3 aromatic rings. The Hall–Kier alpha value is -2.80. The van der Waals surface area contributed by atoms with E-state index in [0.29, 0.717) is 17.0 Å². The van der Waals surface area contributed by atoms with Gasteiger partial charge >= 0.3 is 0 Å². The third-order valence-electron chi connectivity index (χ3n) is 4.69. The molecule has 0 bridgehead atoms. The van der Waals surface area contributed by atoms with E-state index < -0.39 is 0 Å². The Morgan fingerprint density at radius 3 is 2.72 bits per heavy atom. The van der Waals surface area contributed by atoms with E-state index in [0.717, 1.165) is 43.9 Å². The molecule has 0 unspecified atom stereocenters.